The van der Waals surface area contributed by atoms with Crippen molar-refractivity contribution in [1.82, 2.24) is 8.43 Å². The first-order valence-electron chi connectivity index (χ1n) is 10.5. The molecule has 0 aromatic rings. The second-order valence-corrected chi connectivity index (χ2v) is 8.10. The minimum Gasteiger partial charge on any atom is -0.326 e. The zero-order chi connectivity index (χ0) is 20.8. The number of nitrogens with one attached hydrogen (secondary N) is 1. The highest BCUT2D eigenvalue weighted by atomic mass is 127. The van der Waals surface area contributed by atoms with Gasteiger partial charge in [0.15, 0.2) is 0 Å². The number of nitrogens with zero attached hydrogens (tertiary/aromatic N) is 1. The monoisotopic (exact) mass is 490 g/mol. The summed E-state index contributed by atoms with van der Waals surface area (Å²) in [6.07, 6.45) is 11.7. The average molecular weight is 490 g/mol. The van der Waals surface area contributed by atoms with E-state index in [1.165, 1.54) is 0 Å². The number of hydrogen-bond donors (Lipinski definition) is 1. The summed E-state index contributed by atoms with van der Waals surface area (Å²) >= 11 is 2.08. The number of allylic oxidation sites excluding steroid dienone is 3. The first-order valence-corrected chi connectivity index (χ1v) is 11.5. The van der Waals surface area contributed by atoms with Crippen LogP contribution in [0.1, 0.15) is 92.9 Å². The minimum absolute atomic E-state index is 0.0458. The summed E-state index contributed by atoms with van der Waals surface area (Å²) in [7, 11) is 0. The topological polar surface area (TPSA) is 49.4 Å². The number of carbonyl (C=O) groups excluding carboxylic acids is 2. The molecule has 0 aromatic carbocycles. The molecule has 0 aliphatic rings. The van der Waals surface area contributed by atoms with Gasteiger partial charge in [0, 0.05) is 23.2 Å². The maximum Gasteiger partial charge on any atom is 0.238 e. The lowest BCUT2D eigenvalue weighted by Crippen LogP contribution is -2.30. The average Bonchev–Trinajstić information content (AvgIpc) is 2.67. The van der Waals surface area contributed by atoms with E-state index >= 15 is 0 Å². The highest BCUT2D eigenvalue weighted by molar-refractivity contribution is 14.1. The molecule has 0 rings (SSSR count). The fourth-order valence-electron chi connectivity index (χ4n) is 2.98. The molecule has 1 N–H and O–H groups in total. The lowest BCUT2D eigenvalue weighted by Gasteiger charge is -2.22. The summed E-state index contributed by atoms with van der Waals surface area (Å²) in [4.78, 5) is 25.3. The van der Waals surface area contributed by atoms with E-state index in [0.717, 1.165) is 62.8 Å². The quantitative estimate of drug-likeness (QED) is 0.182. The van der Waals surface area contributed by atoms with Gasteiger partial charge in [0.05, 0.1) is 22.9 Å². The molecule has 0 aliphatic heterocycles. The molecule has 4 nitrogen and oxygen atoms in total. The summed E-state index contributed by atoms with van der Waals surface area (Å²) in [6.45, 7) is 12.2. The molecule has 156 valence electrons. The molecule has 0 saturated heterocycles. The summed E-state index contributed by atoms with van der Waals surface area (Å²) in [5.74, 6) is 0.331. The van der Waals surface area contributed by atoms with Crippen molar-refractivity contribution in [2.24, 2.45) is 11.8 Å². The summed E-state index contributed by atoms with van der Waals surface area (Å²) < 4.78 is 1.70. The van der Waals surface area contributed by atoms with E-state index in [0.29, 0.717) is 0 Å². The van der Waals surface area contributed by atoms with Crippen LogP contribution < -0.4 is 5.32 Å². The normalized spacial score (nSPS) is 14.6. The predicted octanol–water partition coefficient (Wildman–Crippen LogP) is 6.52. The van der Waals surface area contributed by atoms with Gasteiger partial charge in [0.25, 0.3) is 0 Å². The van der Waals surface area contributed by atoms with Gasteiger partial charge in [-0.15, -0.1) is 0 Å². The molecule has 5 heteroatoms. The second-order valence-electron chi connectivity index (χ2n) is 7.13. The zero-order valence-corrected chi connectivity index (χ0v) is 20.3. The van der Waals surface area contributed by atoms with Gasteiger partial charge in [-0.25, -0.2) is 0 Å². The van der Waals surface area contributed by atoms with Crippen molar-refractivity contribution in [3.63, 3.8) is 0 Å². The SMILES string of the molecule is C/C=C(\C=C(/C)N(I)C(=O)C(CC)CCCC)NC(=O)C(CC)CCCC. The Bertz CT molecular complexity index is 514. The highest BCUT2D eigenvalue weighted by Crippen LogP contribution is 2.22. The third-order valence-electron chi connectivity index (χ3n) is 4.96. The van der Waals surface area contributed by atoms with Crippen molar-refractivity contribution in [2.75, 3.05) is 0 Å². The van der Waals surface area contributed by atoms with Crippen molar-refractivity contribution >= 4 is 34.7 Å². The fourth-order valence-corrected chi connectivity index (χ4v) is 3.51. The van der Waals surface area contributed by atoms with Gasteiger partial charge in [0.1, 0.15) is 0 Å². The Morgan fingerprint density at radius 2 is 1.52 bits per heavy atom. The number of amides is 2. The Labute approximate surface area is 180 Å². The van der Waals surface area contributed by atoms with Crippen molar-refractivity contribution in [3.8, 4) is 0 Å². The van der Waals surface area contributed by atoms with Gasteiger partial charge < -0.3 is 5.32 Å². The third-order valence-corrected chi connectivity index (χ3v) is 6.20. The molecule has 0 saturated carbocycles. The molecule has 0 aliphatic carbocycles. The zero-order valence-electron chi connectivity index (χ0n) is 18.1. The van der Waals surface area contributed by atoms with Gasteiger partial charge in [-0.3, -0.25) is 12.7 Å². The van der Waals surface area contributed by atoms with Gasteiger partial charge >= 0.3 is 0 Å². The van der Waals surface area contributed by atoms with E-state index in [-0.39, 0.29) is 23.7 Å². The van der Waals surface area contributed by atoms with Crippen LogP contribution in [0.5, 0.6) is 0 Å². The number of halogens is 1. The summed E-state index contributed by atoms with van der Waals surface area (Å²) in [5, 5.41) is 3.03. The molecule has 2 atom stereocenters. The molecule has 0 aromatic heterocycles. The maximum absolute atomic E-state index is 12.8. The molecular formula is C22H39IN2O2. The van der Waals surface area contributed by atoms with Crippen LogP contribution in [-0.4, -0.2) is 14.9 Å². The molecule has 27 heavy (non-hydrogen) atoms. The van der Waals surface area contributed by atoms with E-state index in [2.05, 4.69) is 55.9 Å². The number of carbonyl (C=O) groups is 2. The Morgan fingerprint density at radius 3 is 1.96 bits per heavy atom. The molecule has 0 spiro atoms. The van der Waals surface area contributed by atoms with Crippen molar-refractivity contribution in [2.45, 2.75) is 92.9 Å². The smallest absolute Gasteiger partial charge is 0.238 e. The fraction of sp³-hybridized carbons (Fsp3) is 0.727. The van der Waals surface area contributed by atoms with Crippen LogP contribution in [0.4, 0.5) is 0 Å². The lowest BCUT2D eigenvalue weighted by atomic mass is 9.98. The minimum atomic E-state index is 0.0458. The Morgan fingerprint density at radius 1 is 1.00 bits per heavy atom. The van der Waals surface area contributed by atoms with Crippen LogP contribution in [0.25, 0.3) is 0 Å². The van der Waals surface area contributed by atoms with Crippen LogP contribution in [-0.2, 0) is 9.59 Å². The van der Waals surface area contributed by atoms with Crippen LogP contribution in [0.15, 0.2) is 23.5 Å². The van der Waals surface area contributed by atoms with Crippen LogP contribution in [0.3, 0.4) is 0 Å². The largest absolute Gasteiger partial charge is 0.326 e. The van der Waals surface area contributed by atoms with Gasteiger partial charge in [-0.2, -0.15) is 0 Å². The molecular weight excluding hydrogens is 451 g/mol. The number of rotatable bonds is 13. The van der Waals surface area contributed by atoms with Crippen LogP contribution >= 0.6 is 22.9 Å². The van der Waals surface area contributed by atoms with E-state index in [9.17, 15) is 9.59 Å². The van der Waals surface area contributed by atoms with Crippen LogP contribution in [0.2, 0.25) is 0 Å². The van der Waals surface area contributed by atoms with Gasteiger partial charge in [-0.1, -0.05) is 59.5 Å². The predicted molar refractivity (Wildman–Crippen MR) is 123 cm³/mol. The van der Waals surface area contributed by atoms with E-state index in [1.807, 2.05) is 26.0 Å². The van der Waals surface area contributed by atoms with Gasteiger partial charge in [0.2, 0.25) is 11.8 Å². The Kier molecular flexibility index (Phi) is 14.6. The van der Waals surface area contributed by atoms with E-state index in [1.54, 1.807) is 3.11 Å². The van der Waals surface area contributed by atoms with Crippen molar-refractivity contribution in [3.05, 3.63) is 23.5 Å². The van der Waals surface area contributed by atoms with Crippen LogP contribution in [0, 0.1) is 11.8 Å². The molecule has 0 bridgehead atoms. The highest BCUT2D eigenvalue weighted by Gasteiger charge is 2.22. The Balaban J connectivity index is 5.05. The van der Waals surface area contributed by atoms with Crippen molar-refractivity contribution < 1.29 is 9.59 Å². The van der Waals surface area contributed by atoms with E-state index < -0.39 is 0 Å². The molecule has 2 amide bonds. The molecule has 2 unspecified atom stereocenters. The standard InChI is InChI=1S/C22H39IN2O2/c1-7-12-14-18(9-3)21(26)24-20(11-5)16-17(6)25(23)22(27)19(10-4)15-13-8-2/h11,16,18-19H,7-10,12-15H2,1-6H3,(H,24,26)/b17-16+,20-11+. The lowest BCUT2D eigenvalue weighted by molar-refractivity contribution is -0.128. The Hall–Kier alpha value is -0.850. The summed E-state index contributed by atoms with van der Waals surface area (Å²) in [6, 6.07) is 0. The summed E-state index contributed by atoms with van der Waals surface area (Å²) in [5.41, 5.74) is 1.59. The molecule has 0 radical (unpaired) electrons. The molecule has 0 heterocycles. The number of unbranched alkanes of at least 4 members (excludes halogenated alkanes) is 2. The van der Waals surface area contributed by atoms with Gasteiger partial charge in [-0.05, 0) is 45.6 Å². The number of hydrogen-bond acceptors (Lipinski definition) is 2. The molecule has 0 fully saturated rings. The first-order chi connectivity index (χ1) is 12.9. The maximum atomic E-state index is 12.8. The third kappa shape index (κ3) is 9.77. The first kappa shape index (κ1) is 26.1. The van der Waals surface area contributed by atoms with E-state index in [4.69, 9.17) is 0 Å². The van der Waals surface area contributed by atoms with Crippen molar-refractivity contribution in [1.29, 1.82) is 0 Å². The second kappa shape index (κ2) is 15.1.